The molecule has 0 aromatic heterocycles. The number of hydrogen-bond acceptors (Lipinski definition) is 3. The fraction of sp³-hybridized carbons (Fsp3) is 0.923. The lowest BCUT2D eigenvalue weighted by atomic mass is 9.84. The molecule has 4 nitrogen and oxygen atoms in total. The van der Waals surface area contributed by atoms with Gasteiger partial charge in [0.1, 0.15) is 5.75 Å². The van der Waals surface area contributed by atoms with Crippen molar-refractivity contribution in [3.8, 4) is 0 Å². The largest absolute Gasteiger partial charge is 0.356 e. The van der Waals surface area contributed by atoms with E-state index < -0.39 is 10.8 Å². The quantitative estimate of drug-likeness (QED) is 0.761. The van der Waals surface area contributed by atoms with Gasteiger partial charge in [-0.1, -0.05) is 13.3 Å². The highest BCUT2D eigenvalue weighted by molar-refractivity contribution is 7.86. The van der Waals surface area contributed by atoms with E-state index in [9.17, 15) is 9.00 Å². The first-order valence-corrected chi connectivity index (χ1v) is 8.31. The van der Waals surface area contributed by atoms with Gasteiger partial charge in [-0.3, -0.25) is 9.00 Å². The van der Waals surface area contributed by atoms with Crippen molar-refractivity contribution in [3.63, 3.8) is 0 Å². The molecule has 0 aliphatic heterocycles. The van der Waals surface area contributed by atoms with Crippen LogP contribution < -0.4 is 10.6 Å². The van der Waals surface area contributed by atoms with Gasteiger partial charge in [-0.05, 0) is 39.2 Å². The van der Waals surface area contributed by atoms with E-state index in [0.717, 1.165) is 19.3 Å². The predicted molar refractivity (Wildman–Crippen MR) is 76.0 cm³/mol. The first-order chi connectivity index (χ1) is 8.62. The molecule has 5 heteroatoms. The molecule has 1 rings (SSSR count). The normalized spacial score (nSPS) is 29.8. The lowest BCUT2D eigenvalue weighted by Crippen LogP contribution is -2.46. The van der Waals surface area contributed by atoms with Crippen molar-refractivity contribution in [2.24, 2.45) is 5.92 Å². The zero-order valence-electron chi connectivity index (χ0n) is 11.7. The number of carbonyl (C=O) groups is 1. The molecular weight excluding hydrogens is 248 g/mol. The summed E-state index contributed by atoms with van der Waals surface area (Å²) >= 11 is 0. The van der Waals surface area contributed by atoms with Crippen LogP contribution in [0.1, 0.15) is 39.5 Å². The highest BCUT2D eigenvalue weighted by Crippen LogP contribution is 2.29. The fourth-order valence-electron chi connectivity index (χ4n) is 2.69. The molecule has 4 atom stereocenters. The topological polar surface area (TPSA) is 58.2 Å². The van der Waals surface area contributed by atoms with Crippen molar-refractivity contribution in [1.82, 2.24) is 10.6 Å². The molecule has 0 bridgehead atoms. The standard InChI is InChI=1S/C13H26N2O2S/c1-4-10-6-7-11(14-3)12(8-10)18(17)9-13(16)15-5-2/h10-12,14H,4-9H2,1-3H3,(H,15,16). The van der Waals surface area contributed by atoms with E-state index in [1.54, 1.807) is 0 Å². The Morgan fingerprint density at radius 2 is 2.06 bits per heavy atom. The SMILES string of the molecule is CCNC(=O)CS(=O)C1CC(CC)CCC1NC. The highest BCUT2D eigenvalue weighted by atomic mass is 32.2. The van der Waals surface area contributed by atoms with Gasteiger partial charge in [-0.15, -0.1) is 0 Å². The van der Waals surface area contributed by atoms with Crippen molar-refractivity contribution < 1.29 is 9.00 Å². The summed E-state index contributed by atoms with van der Waals surface area (Å²) in [5, 5.41) is 6.10. The molecule has 1 saturated carbocycles. The van der Waals surface area contributed by atoms with Crippen LogP contribution in [0, 0.1) is 5.92 Å². The molecule has 1 aliphatic rings. The Labute approximate surface area is 113 Å². The summed E-state index contributed by atoms with van der Waals surface area (Å²) < 4.78 is 12.3. The third-order valence-corrected chi connectivity index (χ3v) is 5.58. The third-order valence-electron chi connectivity index (χ3n) is 3.83. The summed E-state index contributed by atoms with van der Waals surface area (Å²) in [5.74, 6) is 0.717. The molecular formula is C13H26N2O2S. The zero-order chi connectivity index (χ0) is 13.5. The van der Waals surface area contributed by atoms with Gasteiger partial charge in [0.25, 0.3) is 0 Å². The molecule has 0 aromatic carbocycles. The van der Waals surface area contributed by atoms with Crippen LogP contribution in [-0.4, -0.2) is 40.8 Å². The van der Waals surface area contributed by atoms with E-state index in [-0.39, 0.29) is 16.9 Å². The predicted octanol–water partition coefficient (Wildman–Crippen LogP) is 1.04. The lowest BCUT2D eigenvalue weighted by Gasteiger charge is -2.35. The number of amides is 1. The maximum absolute atomic E-state index is 12.3. The number of carbonyl (C=O) groups excluding carboxylic acids is 1. The van der Waals surface area contributed by atoms with Gasteiger partial charge >= 0.3 is 0 Å². The van der Waals surface area contributed by atoms with Crippen molar-refractivity contribution in [2.45, 2.75) is 50.8 Å². The van der Waals surface area contributed by atoms with E-state index in [1.165, 1.54) is 6.42 Å². The van der Waals surface area contributed by atoms with E-state index in [2.05, 4.69) is 17.6 Å². The molecule has 18 heavy (non-hydrogen) atoms. The molecule has 2 N–H and O–H groups in total. The molecule has 0 radical (unpaired) electrons. The van der Waals surface area contributed by atoms with Gasteiger partial charge in [-0.2, -0.15) is 0 Å². The second-order valence-electron chi connectivity index (χ2n) is 5.00. The van der Waals surface area contributed by atoms with Gasteiger partial charge in [0.15, 0.2) is 0 Å². The van der Waals surface area contributed by atoms with Crippen molar-refractivity contribution in [2.75, 3.05) is 19.3 Å². The summed E-state index contributed by atoms with van der Waals surface area (Å²) in [5.41, 5.74) is 0. The Hall–Kier alpha value is -0.420. The van der Waals surface area contributed by atoms with Crippen LogP contribution in [0.15, 0.2) is 0 Å². The molecule has 0 aromatic rings. The second kappa shape index (κ2) is 7.89. The molecule has 4 unspecified atom stereocenters. The molecule has 0 heterocycles. The maximum atomic E-state index is 12.3. The van der Waals surface area contributed by atoms with Gasteiger partial charge in [0.2, 0.25) is 5.91 Å². The zero-order valence-corrected chi connectivity index (χ0v) is 12.5. The Balaban J connectivity index is 2.58. The second-order valence-corrected chi connectivity index (χ2v) is 6.66. The Kier molecular flexibility index (Phi) is 6.86. The number of hydrogen-bond donors (Lipinski definition) is 2. The Morgan fingerprint density at radius 3 is 2.61 bits per heavy atom. The summed E-state index contributed by atoms with van der Waals surface area (Å²) in [6.07, 6.45) is 4.40. The van der Waals surface area contributed by atoms with E-state index in [4.69, 9.17) is 0 Å². The van der Waals surface area contributed by atoms with Crippen LogP contribution in [0.3, 0.4) is 0 Å². The van der Waals surface area contributed by atoms with Crippen molar-refractivity contribution in [3.05, 3.63) is 0 Å². The Morgan fingerprint density at radius 1 is 1.33 bits per heavy atom. The first kappa shape index (κ1) is 15.6. The molecule has 1 fully saturated rings. The van der Waals surface area contributed by atoms with E-state index in [0.29, 0.717) is 18.5 Å². The van der Waals surface area contributed by atoms with Crippen LogP contribution in [0.2, 0.25) is 0 Å². The van der Waals surface area contributed by atoms with E-state index >= 15 is 0 Å². The van der Waals surface area contributed by atoms with Crippen LogP contribution in [0.4, 0.5) is 0 Å². The number of rotatable bonds is 6. The van der Waals surface area contributed by atoms with E-state index in [1.807, 2.05) is 14.0 Å². The third kappa shape index (κ3) is 4.35. The first-order valence-electron chi connectivity index (χ1n) is 6.93. The summed E-state index contributed by atoms with van der Waals surface area (Å²) in [6.45, 7) is 4.67. The molecule has 106 valence electrons. The van der Waals surface area contributed by atoms with Crippen LogP contribution in [0.25, 0.3) is 0 Å². The van der Waals surface area contributed by atoms with Crippen LogP contribution in [0.5, 0.6) is 0 Å². The average molecular weight is 274 g/mol. The van der Waals surface area contributed by atoms with Gasteiger partial charge in [0.05, 0.1) is 5.25 Å². The van der Waals surface area contributed by atoms with Gasteiger partial charge in [-0.25, -0.2) is 0 Å². The maximum Gasteiger partial charge on any atom is 0.232 e. The summed E-state index contributed by atoms with van der Waals surface area (Å²) in [7, 11) is 0.859. The minimum absolute atomic E-state index is 0.0932. The molecule has 1 amide bonds. The number of nitrogens with one attached hydrogen (secondary N) is 2. The molecule has 0 spiro atoms. The van der Waals surface area contributed by atoms with Crippen molar-refractivity contribution >= 4 is 16.7 Å². The van der Waals surface area contributed by atoms with Gasteiger partial charge in [0, 0.05) is 23.4 Å². The molecule has 1 aliphatic carbocycles. The minimum atomic E-state index is -1.06. The van der Waals surface area contributed by atoms with Gasteiger partial charge < -0.3 is 10.6 Å². The highest BCUT2D eigenvalue weighted by Gasteiger charge is 2.33. The molecule has 0 saturated heterocycles. The smallest absolute Gasteiger partial charge is 0.232 e. The fourth-order valence-corrected chi connectivity index (χ4v) is 4.39. The average Bonchev–Trinajstić information content (AvgIpc) is 2.38. The monoisotopic (exact) mass is 274 g/mol. The Bertz CT molecular complexity index is 297. The lowest BCUT2D eigenvalue weighted by molar-refractivity contribution is -0.118. The summed E-state index contributed by atoms with van der Waals surface area (Å²) in [6, 6.07) is 0.294. The van der Waals surface area contributed by atoms with Crippen molar-refractivity contribution in [1.29, 1.82) is 0 Å². The van der Waals surface area contributed by atoms with Crippen LogP contribution >= 0.6 is 0 Å². The minimum Gasteiger partial charge on any atom is -0.356 e. The summed E-state index contributed by atoms with van der Waals surface area (Å²) in [4.78, 5) is 11.5. The van der Waals surface area contributed by atoms with Crippen LogP contribution in [-0.2, 0) is 15.6 Å².